The molecule has 7 nitrogen and oxygen atoms in total. The molecule has 0 saturated carbocycles. The molecule has 3 aromatic rings. The van der Waals surface area contributed by atoms with Crippen LogP contribution in [-0.4, -0.2) is 37.0 Å². The van der Waals surface area contributed by atoms with Crippen molar-refractivity contribution in [2.45, 2.75) is 66.5 Å². The number of fused-ring (bicyclic) bond motifs is 1. The van der Waals surface area contributed by atoms with Crippen LogP contribution in [0.4, 0.5) is 0 Å². The van der Waals surface area contributed by atoms with Crippen molar-refractivity contribution in [3.05, 3.63) is 41.0 Å². The second kappa shape index (κ2) is 8.12. The third kappa shape index (κ3) is 4.08. The summed E-state index contributed by atoms with van der Waals surface area (Å²) >= 11 is 0. The number of pyridine rings is 1. The van der Waals surface area contributed by atoms with Crippen LogP contribution in [0.15, 0.2) is 18.3 Å². The Morgan fingerprint density at radius 3 is 2.54 bits per heavy atom. The number of nitrogens with one attached hydrogen (secondary N) is 1. The molecule has 0 radical (unpaired) electrons. The Bertz CT molecular complexity index is 982. The maximum absolute atomic E-state index is 12.9. The van der Waals surface area contributed by atoms with Gasteiger partial charge in [0.1, 0.15) is 0 Å². The molecule has 28 heavy (non-hydrogen) atoms. The smallest absolute Gasteiger partial charge is 0.252 e. The van der Waals surface area contributed by atoms with E-state index in [2.05, 4.69) is 49.3 Å². The van der Waals surface area contributed by atoms with Gasteiger partial charge in [-0.05, 0) is 52.2 Å². The van der Waals surface area contributed by atoms with E-state index in [4.69, 9.17) is 4.98 Å². The molecule has 0 unspecified atom stereocenters. The van der Waals surface area contributed by atoms with Crippen LogP contribution in [0.1, 0.15) is 73.5 Å². The van der Waals surface area contributed by atoms with E-state index in [1.54, 1.807) is 6.20 Å². The van der Waals surface area contributed by atoms with Gasteiger partial charge in [-0.3, -0.25) is 9.48 Å². The van der Waals surface area contributed by atoms with Gasteiger partial charge in [-0.2, -0.15) is 10.2 Å². The molecule has 3 rings (SSSR count). The van der Waals surface area contributed by atoms with Gasteiger partial charge in [-0.25, -0.2) is 9.67 Å². The number of carbonyl (C=O) groups is 1. The third-order valence-corrected chi connectivity index (χ3v) is 4.85. The summed E-state index contributed by atoms with van der Waals surface area (Å²) in [6, 6.07) is 4.14. The van der Waals surface area contributed by atoms with E-state index in [1.807, 2.05) is 29.3 Å². The lowest BCUT2D eigenvalue weighted by molar-refractivity contribution is 0.0954. The summed E-state index contributed by atoms with van der Waals surface area (Å²) in [5.41, 5.74) is 4.48. The highest BCUT2D eigenvalue weighted by Gasteiger charge is 2.18. The van der Waals surface area contributed by atoms with Crippen LogP contribution in [0.3, 0.4) is 0 Å². The van der Waals surface area contributed by atoms with Crippen LogP contribution in [-0.2, 0) is 6.54 Å². The molecule has 0 saturated heterocycles. The molecular formula is C21H30N6O. The molecule has 0 spiro atoms. The van der Waals surface area contributed by atoms with E-state index >= 15 is 0 Å². The van der Waals surface area contributed by atoms with Gasteiger partial charge in [0.2, 0.25) is 0 Å². The molecule has 0 atom stereocenters. The van der Waals surface area contributed by atoms with Crippen LogP contribution in [0.2, 0.25) is 0 Å². The van der Waals surface area contributed by atoms with Gasteiger partial charge < -0.3 is 5.32 Å². The van der Waals surface area contributed by atoms with Crippen LogP contribution in [0.25, 0.3) is 11.0 Å². The minimum atomic E-state index is -0.0778. The Balaban J connectivity index is 1.76. The number of carbonyl (C=O) groups excluding carboxylic acids is 1. The van der Waals surface area contributed by atoms with Gasteiger partial charge in [0.05, 0.1) is 22.8 Å². The number of hydrogen-bond donors (Lipinski definition) is 1. The first-order valence-corrected chi connectivity index (χ1v) is 9.95. The van der Waals surface area contributed by atoms with Crippen LogP contribution < -0.4 is 5.32 Å². The largest absolute Gasteiger partial charge is 0.352 e. The molecule has 0 aliphatic carbocycles. The van der Waals surface area contributed by atoms with Gasteiger partial charge in [0.15, 0.2) is 5.65 Å². The van der Waals surface area contributed by atoms with E-state index < -0.39 is 0 Å². The van der Waals surface area contributed by atoms with Gasteiger partial charge in [0, 0.05) is 30.5 Å². The lowest BCUT2D eigenvalue weighted by atomic mass is 10.0. The second-order valence-electron chi connectivity index (χ2n) is 7.93. The van der Waals surface area contributed by atoms with E-state index in [9.17, 15) is 4.79 Å². The Labute approximate surface area is 166 Å². The Morgan fingerprint density at radius 1 is 1.18 bits per heavy atom. The van der Waals surface area contributed by atoms with Gasteiger partial charge in [-0.15, -0.1) is 0 Å². The fraction of sp³-hybridized carbons (Fsp3) is 0.524. The molecule has 0 fully saturated rings. The molecule has 3 heterocycles. The monoisotopic (exact) mass is 382 g/mol. The molecule has 1 amide bonds. The molecule has 1 N–H and O–H groups in total. The molecule has 7 heteroatoms. The molecule has 150 valence electrons. The molecule has 0 aliphatic rings. The summed E-state index contributed by atoms with van der Waals surface area (Å²) in [7, 11) is 0. The second-order valence-corrected chi connectivity index (χ2v) is 7.93. The number of amides is 1. The highest BCUT2D eigenvalue weighted by molar-refractivity contribution is 6.05. The van der Waals surface area contributed by atoms with Gasteiger partial charge >= 0.3 is 0 Å². The summed E-state index contributed by atoms with van der Waals surface area (Å²) < 4.78 is 3.86. The maximum Gasteiger partial charge on any atom is 0.252 e. The van der Waals surface area contributed by atoms with Crippen LogP contribution >= 0.6 is 0 Å². The zero-order chi connectivity index (χ0) is 20.4. The van der Waals surface area contributed by atoms with Crippen molar-refractivity contribution >= 4 is 16.9 Å². The van der Waals surface area contributed by atoms with E-state index in [1.165, 1.54) is 0 Å². The SMILES string of the molecule is Cc1cc(C)n(CCCNC(=O)c2cc(C(C)C)nc3c2cnn3C(C)C)n1. The lowest BCUT2D eigenvalue weighted by Gasteiger charge is -2.12. The predicted molar refractivity (Wildman–Crippen MR) is 111 cm³/mol. The van der Waals surface area contributed by atoms with Crippen molar-refractivity contribution in [1.29, 1.82) is 0 Å². The van der Waals surface area contributed by atoms with E-state index in [0.717, 1.165) is 41.1 Å². The summed E-state index contributed by atoms with van der Waals surface area (Å²) in [6.45, 7) is 13.7. The first kappa shape index (κ1) is 20.0. The summed E-state index contributed by atoms with van der Waals surface area (Å²) in [4.78, 5) is 17.7. The van der Waals surface area contributed by atoms with Crippen molar-refractivity contribution in [3.8, 4) is 0 Å². The van der Waals surface area contributed by atoms with E-state index in [0.29, 0.717) is 12.1 Å². The van der Waals surface area contributed by atoms with Crippen molar-refractivity contribution in [3.63, 3.8) is 0 Å². The van der Waals surface area contributed by atoms with Gasteiger partial charge in [0.25, 0.3) is 5.91 Å². The number of aromatic nitrogens is 5. The van der Waals surface area contributed by atoms with Crippen molar-refractivity contribution in [2.75, 3.05) is 6.54 Å². The summed E-state index contributed by atoms with van der Waals surface area (Å²) in [5.74, 6) is 0.156. The fourth-order valence-corrected chi connectivity index (χ4v) is 3.33. The van der Waals surface area contributed by atoms with Crippen LogP contribution in [0.5, 0.6) is 0 Å². The summed E-state index contributed by atoms with van der Waals surface area (Å²) in [5, 5.41) is 12.8. The molecule has 0 aliphatic heterocycles. The van der Waals surface area contributed by atoms with E-state index in [-0.39, 0.29) is 17.9 Å². The molecular weight excluding hydrogens is 352 g/mol. The molecule has 0 aromatic carbocycles. The minimum Gasteiger partial charge on any atom is -0.352 e. The average molecular weight is 383 g/mol. The third-order valence-electron chi connectivity index (χ3n) is 4.85. The van der Waals surface area contributed by atoms with Crippen molar-refractivity contribution in [2.24, 2.45) is 0 Å². The zero-order valence-electron chi connectivity index (χ0n) is 17.7. The summed E-state index contributed by atoms with van der Waals surface area (Å²) in [6.07, 6.45) is 2.57. The average Bonchev–Trinajstić information content (AvgIpc) is 3.20. The Hall–Kier alpha value is -2.70. The highest BCUT2D eigenvalue weighted by Crippen LogP contribution is 2.24. The van der Waals surface area contributed by atoms with Crippen LogP contribution in [0, 0.1) is 13.8 Å². The van der Waals surface area contributed by atoms with Crippen molar-refractivity contribution in [1.82, 2.24) is 29.9 Å². The molecule has 3 aromatic heterocycles. The Morgan fingerprint density at radius 2 is 1.93 bits per heavy atom. The predicted octanol–water partition coefficient (Wildman–Crippen LogP) is 3.77. The first-order chi connectivity index (χ1) is 13.3. The standard InChI is InChI=1S/C21H30N6O/c1-13(2)19-11-17(18-12-23-27(14(3)4)20(18)24-19)21(28)22-8-7-9-26-16(6)10-15(5)25-26/h10-14H,7-9H2,1-6H3,(H,22,28). The Kier molecular flexibility index (Phi) is 5.82. The number of nitrogens with zero attached hydrogens (tertiary/aromatic N) is 5. The highest BCUT2D eigenvalue weighted by atomic mass is 16.1. The fourth-order valence-electron chi connectivity index (χ4n) is 3.33. The lowest BCUT2D eigenvalue weighted by Crippen LogP contribution is -2.26. The van der Waals surface area contributed by atoms with Crippen molar-refractivity contribution < 1.29 is 4.79 Å². The minimum absolute atomic E-state index is 0.0778. The number of aryl methyl sites for hydroxylation is 3. The number of hydrogen-bond acceptors (Lipinski definition) is 4. The number of rotatable bonds is 7. The normalized spacial score (nSPS) is 11.7. The molecule has 0 bridgehead atoms. The quantitative estimate of drug-likeness (QED) is 0.631. The van der Waals surface area contributed by atoms with Gasteiger partial charge in [-0.1, -0.05) is 13.8 Å². The first-order valence-electron chi connectivity index (χ1n) is 9.95. The zero-order valence-corrected chi connectivity index (χ0v) is 17.7. The maximum atomic E-state index is 12.9. The topological polar surface area (TPSA) is 77.6 Å².